The fourth-order valence-electron chi connectivity index (χ4n) is 4.33. The minimum atomic E-state index is -0.545. The van der Waals surface area contributed by atoms with Crippen LogP contribution in [0.3, 0.4) is 0 Å². The summed E-state index contributed by atoms with van der Waals surface area (Å²) in [7, 11) is 0. The first-order valence-corrected chi connectivity index (χ1v) is 11.7. The number of anilines is 1. The predicted molar refractivity (Wildman–Crippen MR) is 132 cm³/mol. The number of aromatic nitrogens is 2. The molecule has 1 aliphatic rings. The molecule has 0 atom stereocenters. The number of nitrogens with zero attached hydrogens (tertiary/aromatic N) is 5. The minimum Gasteiger partial charge on any atom is -0.354 e. The Bertz CT molecular complexity index is 1290. The van der Waals surface area contributed by atoms with E-state index in [0.29, 0.717) is 44.8 Å². The number of carbonyl (C=O) groups excluding carboxylic acids is 1. The molecule has 4 rings (SSSR count). The molecule has 10 heteroatoms. The summed E-state index contributed by atoms with van der Waals surface area (Å²) < 4.78 is 13.8. The maximum Gasteiger partial charge on any atom is 0.270 e. The lowest BCUT2D eigenvalue weighted by Crippen LogP contribution is -2.36. The summed E-state index contributed by atoms with van der Waals surface area (Å²) in [5, 5.41) is 11.0. The molecule has 8 nitrogen and oxygen atoms in total. The quantitative estimate of drug-likeness (QED) is 0.373. The Labute approximate surface area is 207 Å². The van der Waals surface area contributed by atoms with Crippen LogP contribution in [0.5, 0.6) is 0 Å². The topological polar surface area (TPSA) is 92.5 Å². The highest BCUT2D eigenvalue weighted by Crippen LogP contribution is 2.27. The number of nitro benzene ring substituents is 1. The first-order valence-electron chi connectivity index (χ1n) is 11.3. The summed E-state index contributed by atoms with van der Waals surface area (Å²) >= 11 is 6.19. The maximum atomic E-state index is 13.8. The van der Waals surface area contributed by atoms with E-state index in [1.807, 2.05) is 19.9 Å². The van der Waals surface area contributed by atoms with Gasteiger partial charge in [-0.1, -0.05) is 23.7 Å². The van der Waals surface area contributed by atoms with Crippen LogP contribution in [0.1, 0.15) is 39.4 Å². The van der Waals surface area contributed by atoms with Crippen molar-refractivity contribution < 1.29 is 14.1 Å². The van der Waals surface area contributed by atoms with Gasteiger partial charge in [0.15, 0.2) is 0 Å². The molecule has 0 spiro atoms. The summed E-state index contributed by atoms with van der Waals surface area (Å²) in [6, 6.07) is 10.4. The fourth-order valence-corrected chi connectivity index (χ4v) is 4.59. The Morgan fingerprint density at radius 1 is 1.11 bits per heavy atom. The number of benzene rings is 2. The van der Waals surface area contributed by atoms with Gasteiger partial charge in [0.1, 0.15) is 17.5 Å². The number of nitro groups is 1. The van der Waals surface area contributed by atoms with Gasteiger partial charge in [-0.2, -0.15) is 0 Å². The molecule has 1 aromatic heterocycles. The van der Waals surface area contributed by atoms with E-state index < -0.39 is 4.92 Å². The number of amides is 1. The van der Waals surface area contributed by atoms with Gasteiger partial charge >= 0.3 is 0 Å². The number of halogens is 2. The number of rotatable bonds is 5. The van der Waals surface area contributed by atoms with E-state index in [1.165, 1.54) is 30.3 Å². The minimum absolute atomic E-state index is 0.0599. The Balaban J connectivity index is 1.55. The Morgan fingerprint density at radius 3 is 2.63 bits per heavy atom. The Hall–Kier alpha value is -3.59. The van der Waals surface area contributed by atoms with E-state index in [2.05, 4.69) is 9.88 Å². The molecule has 2 heterocycles. The molecule has 0 unspecified atom stereocenters. The van der Waals surface area contributed by atoms with Gasteiger partial charge in [-0.15, -0.1) is 0 Å². The number of hydrogen-bond acceptors (Lipinski definition) is 6. The van der Waals surface area contributed by atoms with E-state index in [-0.39, 0.29) is 28.0 Å². The highest BCUT2D eigenvalue weighted by molar-refractivity contribution is 6.34. The van der Waals surface area contributed by atoms with Gasteiger partial charge in [0.25, 0.3) is 11.6 Å². The lowest BCUT2D eigenvalue weighted by atomic mass is 10.0. The predicted octanol–water partition coefficient (Wildman–Crippen LogP) is 4.74. The Kier molecular flexibility index (Phi) is 7.25. The van der Waals surface area contributed by atoms with Crippen molar-refractivity contribution in [1.29, 1.82) is 0 Å². The van der Waals surface area contributed by atoms with Gasteiger partial charge in [-0.3, -0.25) is 14.9 Å². The lowest BCUT2D eigenvalue weighted by molar-refractivity contribution is -0.384. The van der Waals surface area contributed by atoms with Crippen LogP contribution in [0.25, 0.3) is 0 Å². The molecule has 3 aromatic rings. The van der Waals surface area contributed by atoms with Crippen LogP contribution >= 0.6 is 11.6 Å². The third-order valence-corrected chi connectivity index (χ3v) is 6.36. The highest BCUT2D eigenvalue weighted by Gasteiger charge is 2.25. The van der Waals surface area contributed by atoms with E-state index in [1.54, 1.807) is 11.0 Å². The van der Waals surface area contributed by atoms with Crippen molar-refractivity contribution >= 4 is 29.0 Å². The SMILES string of the molecule is Cc1nc(C)c(Cc2cccc(F)c2)c(N2CCCN(C(=O)c3ccc([N+](=O)[O-])cc3Cl)CC2)n1. The molecule has 1 aliphatic heterocycles. The van der Waals surface area contributed by atoms with Crippen molar-refractivity contribution in [1.82, 2.24) is 14.9 Å². The molecule has 0 N–H and O–H groups in total. The van der Waals surface area contributed by atoms with Gasteiger partial charge in [0.2, 0.25) is 0 Å². The van der Waals surface area contributed by atoms with Crippen molar-refractivity contribution in [2.75, 3.05) is 31.1 Å². The molecule has 0 saturated carbocycles. The van der Waals surface area contributed by atoms with Gasteiger partial charge in [-0.05, 0) is 44.0 Å². The first-order chi connectivity index (χ1) is 16.7. The third kappa shape index (κ3) is 5.57. The molecule has 0 aliphatic carbocycles. The van der Waals surface area contributed by atoms with Crippen LogP contribution in [-0.4, -0.2) is 51.9 Å². The molecule has 182 valence electrons. The number of hydrogen-bond donors (Lipinski definition) is 0. The molecular formula is C25H25ClFN5O3. The van der Waals surface area contributed by atoms with E-state index >= 15 is 0 Å². The zero-order valence-corrected chi connectivity index (χ0v) is 20.3. The first kappa shape index (κ1) is 24.5. The summed E-state index contributed by atoms with van der Waals surface area (Å²) in [6.07, 6.45) is 1.20. The average molecular weight is 498 g/mol. The molecule has 2 aromatic carbocycles. The lowest BCUT2D eigenvalue weighted by Gasteiger charge is -2.26. The summed E-state index contributed by atoms with van der Waals surface area (Å²) in [5.74, 6) is 0.891. The largest absolute Gasteiger partial charge is 0.354 e. The summed E-state index contributed by atoms with van der Waals surface area (Å²) in [5.41, 5.74) is 2.69. The second-order valence-electron chi connectivity index (χ2n) is 8.52. The van der Waals surface area contributed by atoms with Crippen LogP contribution in [0.4, 0.5) is 15.9 Å². The van der Waals surface area contributed by atoms with Gasteiger partial charge < -0.3 is 9.80 Å². The number of non-ortho nitro benzene ring substituents is 1. The third-order valence-electron chi connectivity index (χ3n) is 6.05. The van der Waals surface area contributed by atoms with Crippen LogP contribution in [0.15, 0.2) is 42.5 Å². The number of aryl methyl sites for hydroxylation is 2. The van der Waals surface area contributed by atoms with Crippen molar-refractivity contribution in [2.24, 2.45) is 0 Å². The van der Waals surface area contributed by atoms with Crippen molar-refractivity contribution in [3.8, 4) is 0 Å². The second kappa shape index (κ2) is 10.4. The molecular weight excluding hydrogens is 473 g/mol. The van der Waals surface area contributed by atoms with Crippen LogP contribution in [-0.2, 0) is 6.42 Å². The Morgan fingerprint density at radius 2 is 1.91 bits per heavy atom. The van der Waals surface area contributed by atoms with Crippen LogP contribution < -0.4 is 4.90 Å². The summed E-state index contributed by atoms with van der Waals surface area (Å²) in [6.45, 7) is 5.95. The molecule has 0 radical (unpaired) electrons. The standard InChI is InChI=1S/C25H25ClFN5O3/c1-16-22(14-18-5-3-6-19(27)13-18)24(29-17(2)28-16)30-9-4-10-31(12-11-30)25(33)21-8-7-20(32(34)35)15-23(21)26/h3,5-8,13,15H,4,9-12,14H2,1-2H3. The van der Waals surface area contributed by atoms with Crippen molar-refractivity contribution in [2.45, 2.75) is 26.7 Å². The van der Waals surface area contributed by atoms with E-state index in [4.69, 9.17) is 16.6 Å². The second-order valence-corrected chi connectivity index (χ2v) is 8.93. The van der Waals surface area contributed by atoms with E-state index in [0.717, 1.165) is 22.6 Å². The average Bonchev–Trinajstić information content (AvgIpc) is 3.06. The molecule has 0 bridgehead atoms. The van der Waals surface area contributed by atoms with Crippen molar-refractivity contribution in [3.63, 3.8) is 0 Å². The smallest absolute Gasteiger partial charge is 0.270 e. The van der Waals surface area contributed by atoms with Crippen molar-refractivity contribution in [3.05, 3.63) is 91.6 Å². The summed E-state index contributed by atoms with van der Waals surface area (Å²) in [4.78, 5) is 36.7. The molecule has 1 saturated heterocycles. The molecule has 1 fully saturated rings. The highest BCUT2D eigenvalue weighted by atomic mass is 35.5. The fraction of sp³-hybridized carbons (Fsp3) is 0.320. The monoisotopic (exact) mass is 497 g/mol. The van der Waals surface area contributed by atoms with Crippen LogP contribution in [0, 0.1) is 29.8 Å². The molecule has 1 amide bonds. The zero-order valence-electron chi connectivity index (χ0n) is 19.5. The van der Waals surface area contributed by atoms with Crippen LogP contribution in [0.2, 0.25) is 5.02 Å². The normalized spacial score (nSPS) is 14.1. The van der Waals surface area contributed by atoms with E-state index in [9.17, 15) is 19.3 Å². The zero-order chi connectivity index (χ0) is 25.1. The van der Waals surface area contributed by atoms with Gasteiger partial charge in [0, 0.05) is 56.0 Å². The maximum absolute atomic E-state index is 13.8. The van der Waals surface area contributed by atoms with Gasteiger partial charge in [-0.25, -0.2) is 14.4 Å². The van der Waals surface area contributed by atoms with Gasteiger partial charge in [0.05, 0.1) is 15.5 Å². The molecule has 35 heavy (non-hydrogen) atoms. The number of carbonyl (C=O) groups is 1.